The lowest BCUT2D eigenvalue weighted by molar-refractivity contribution is 0.618. The predicted molar refractivity (Wildman–Crippen MR) is 59.2 cm³/mol. The number of hydrogen-bond acceptors (Lipinski definition) is 2. The summed E-state index contributed by atoms with van der Waals surface area (Å²) in [6.07, 6.45) is 4.75. The van der Waals surface area contributed by atoms with Gasteiger partial charge in [-0.15, -0.1) is 0 Å². The van der Waals surface area contributed by atoms with Crippen molar-refractivity contribution in [3.8, 4) is 0 Å². The fraction of sp³-hybridized carbons (Fsp3) is 0.400. The zero-order valence-corrected chi connectivity index (χ0v) is 9.82. The number of aromatic nitrogens is 3. The summed E-state index contributed by atoms with van der Waals surface area (Å²) in [5.74, 6) is 1.67. The molecule has 0 radical (unpaired) electrons. The molecule has 0 saturated carbocycles. The van der Waals surface area contributed by atoms with Crippen LogP contribution in [0.15, 0.2) is 23.1 Å². The van der Waals surface area contributed by atoms with Crippen molar-refractivity contribution in [3.05, 3.63) is 28.9 Å². The summed E-state index contributed by atoms with van der Waals surface area (Å²) in [6, 6.07) is 1.92. The van der Waals surface area contributed by atoms with E-state index in [0.717, 1.165) is 22.5 Å². The van der Waals surface area contributed by atoms with Gasteiger partial charge in [-0.2, -0.15) is 0 Å². The van der Waals surface area contributed by atoms with Gasteiger partial charge in [-0.25, -0.2) is 9.97 Å². The first-order valence-corrected chi connectivity index (χ1v) is 5.45. The molecule has 2 rings (SSSR count). The van der Waals surface area contributed by atoms with Gasteiger partial charge in [0, 0.05) is 18.8 Å². The van der Waals surface area contributed by atoms with Crippen LogP contribution in [0.25, 0.3) is 5.65 Å². The Morgan fingerprint density at radius 3 is 3.00 bits per heavy atom. The van der Waals surface area contributed by atoms with Crippen molar-refractivity contribution >= 4 is 21.6 Å². The van der Waals surface area contributed by atoms with Crippen molar-refractivity contribution in [2.75, 3.05) is 0 Å². The molecular weight excluding hydrogens is 242 g/mol. The van der Waals surface area contributed by atoms with E-state index < -0.39 is 0 Å². The SMILES string of the molecule is CC(C)Cc1nc(Br)c2ncccn12. The van der Waals surface area contributed by atoms with Crippen molar-refractivity contribution in [3.63, 3.8) is 0 Å². The van der Waals surface area contributed by atoms with Gasteiger partial charge < -0.3 is 0 Å². The third-order valence-corrected chi connectivity index (χ3v) is 2.56. The molecule has 74 valence electrons. The van der Waals surface area contributed by atoms with Crippen LogP contribution in [0.2, 0.25) is 0 Å². The standard InChI is InChI=1S/C10H12BrN3/c1-7(2)6-8-13-9(11)10-12-4-3-5-14(8)10/h3-5,7H,6H2,1-2H3. The van der Waals surface area contributed by atoms with Gasteiger partial charge in [0.25, 0.3) is 0 Å². The molecule has 3 nitrogen and oxygen atoms in total. The van der Waals surface area contributed by atoms with E-state index in [1.165, 1.54) is 0 Å². The largest absolute Gasteiger partial charge is 0.287 e. The van der Waals surface area contributed by atoms with Crippen LogP contribution in [-0.2, 0) is 6.42 Å². The average Bonchev–Trinajstić information content (AvgIpc) is 2.44. The number of hydrogen-bond donors (Lipinski definition) is 0. The molecule has 0 atom stereocenters. The second kappa shape index (κ2) is 3.69. The molecule has 4 heteroatoms. The average molecular weight is 254 g/mol. The highest BCUT2D eigenvalue weighted by Gasteiger charge is 2.10. The summed E-state index contributed by atoms with van der Waals surface area (Å²) in [6.45, 7) is 4.37. The van der Waals surface area contributed by atoms with Gasteiger partial charge in [-0.1, -0.05) is 13.8 Å². The lowest BCUT2D eigenvalue weighted by atomic mass is 10.1. The highest BCUT2D eigenvalue weighted by Crippen LogP contribution is 2.18. The van der Waals surface area contributed by atoms with Crippen LogP contribution in [-0.4, -0.2) is 14.4 Å². The maximum Gasteiger partial charge on any atom is 0.171 e. The van der Waals surface area contributed by atoms with Crippen molar-refractivity contribution in [1.29, 1.82) is 0 Å². The number of rotatable bonds is 2. The molecule has 0 aliphatic rings. The second-order valence-electron chi connectivity index (χ2n) is 3.73. The maximum atomic E-state index is 4.45. The summed E-state index contributed by atoms with van der Waals surface area (Å²) in [5.41, 5.74) is 0.892. The van der Waals surface area contributed by atoms with E-state index in [2.05, 4.69) is 39.7 Å². The van der Waals surface area contributed by atoms with Crippen molar-refractivity contribution in [1.82, 2.24) is 14.4 Å². The van der Waals surface area contributed by atoms with Gasteiger partial charge in [-0.3, -0.25) is 4.40 Å². The first-order valence-electron chi connectivity index (χ1n) is 4.66. The monoisotopic (exact) mass is 253 g/mol. The molecule has 0 aliphatic carbocycles. The Hall–Kier alpha value is -0.900. The van der Waals surface area contributed by atoms with Gasteiger partial charge in [0.15, 0.2) is 10.3 Å². The molecule has 2 aromatic rings. The molecule has 0 amide bonds. The Morgan fingerprint density at radius 1 is 1.50 bits per heavy atom. The normalized spacial score (nSPS) is 11.4. The summed E-state index contributed by atoms with van der Waals surface area (Å²) in [7, 11) is 0. The highest BCUT2D eigenvalue weighted by atomic mass is 79.9. The number of halogens is 1. The summed E-state index contributed by atoms with van der Waals surface area (Å²) in [5, 5.41) is 0. The molecular formula is C10H12BrN3. The van der Waals surface area contributed by atoms with Gasteiger partial charge in [0.05, 0.1) is 0 Å². The first kappa shape index (κ1) is 9.65. The van der Waals surface area contributed by atoms with E-state index in [4.69, 9.17) is 0 Å². The van der Waals surface area contributed by atoms with Crippen LogP contribution >= 0.6 is 15.9 Å². The Kier molecular flexibility index (Phi) is 2.54. The molecule has 0 unspecified atom stereocenters. The maximum absolute atomic E-state index is 4.45. The second-order valence-corrected chi connectivity index (χ2v) is 4.48. The molecule has 0 saturated heterocycles. The Bertz CT molecular complexity index is 448. The fourth-order valence-electron chi connectivity index (χ4n) is 1.46. The lowest BCUT2D eigenvalue weighted by Crippen LogP contribution is -2.00. The topological polar surface area (TPSA) is 30.2 Å². The van der Waals surface area contributed by atoms with Gasteiger partial charge in [0.2, 0.25) is 0 Å². The molecule has 2 aromatic heterocycles. The summed E-state index contributed by atoms with van der Waals surface area (Å²) >= 11 is 3.41. The van der Waals surface area contributed by atoms with Gasteiger partial charge >= 0.3 is 0 Å². The van der Waals surface area contributed by atoms with E-state index in [0.29, 0.717) is 5.92 Å². The van der Waals surface area contributed by atoms with Crippen molar-refractivity contribution in [2.45, 2.75) is 20.3 Å². The van der Waals surface area contributed by atoms with E-state index in [1.54, 1.807) is 6.20 Å². The predicted octanol–water partition coefficient (Wildman–Crippen LogP) is 2.69. The molecule has 0 bridgehead atoms. The van der Waals surface area contributed by atoms with Crippen LogP contribution in [0, 0.1) is 5.92 Å². The molecule has 0 N–H and O–H groups in total. The third-order valence-electron chi connectivity index (χ3n) is 2.03. The van der Waals surface area contributed by atoms with Crippen LogP contribution < -0.4 is 0 Å². The van der Waals surface area contributed by atoms with Crippen LogP contribution in [0.1, 0.15) is 19.7 Å². The van der Waals surface area contributed by atoms with E-state index in [1.807, 2.05) is 16.7 Å². The third kappa shape index (κ3) is 1.66. The summed E-state index contributed by atoms with van der Waals surface area (Å²) < 4.78 is 2.86. The van der Waals surface area contributed by atoms with Crippen LogP contribution in [0.3, 0.4) is 0 Å². The number of fused-ring (bicyclic) bond motifs is 1. The molecule has 0 fully saturated rings. The van der Waals surface area contributed by atoms with E-state index in [-0.39, 0.29) is 0 Å². The Labute approximate surface area is 91.3 Å². The van der Waals surface area contributed by atoms with Gasteiger partial charge in [0.1, 0.15) is 5.82 Å². The molecule has 2 heterocycles. The minimum Gasteiger partial charge on any atom is -0.287 e. The first-order chi connectivity index (χ1) is 6.68. The smallest absolute Gasteiger partial charge is 0.171 e. The van der Waals surface area contributed by atoms with Crippen molar-refractivity contribution < 1.29 is 0 Å². The zero-order valence-electron chi connectivity index (χ0n) is 8.24. The highest BCUT2D eigenvalue weighted by molar-refractivity contribution is 9.10. The zero-order chi connectivity index (χ0) is 10.1. The number of nitrogens with zero attached hydrogens (tertiary/aromatic N) is 3. The van der Waals surface area contributed by atoms with Crippen molar-refractivity contribution in [2.24, 2.45) is 5.92 Å². The minimum atomic E-state index is 0.604. The molecule has 0 spiro atoms. The molecule has 0 aromatic carbocycles. The Balaban J connectivity index is 2.55. The molecule has 0 aliphatic heterocycles. The quantitative estimate of drug-likeness (QED) is 0.824. The lowest BCUT2D eigenvalue weighted by Gasteiger charge is -2.02. The van der Waals surface area contributed by atoms with Crippen LogP contribution in [0.4, 0.5) is 0 Å². The van der Waals surface area contributed by atoms with Gasteiger partial charge in [-0.05, 0) is 27.9 Å². The van der Waals surface area contributed by atoms with E-state index >= 15 is 0 Å². The number of imidazole rings is 1. The summed E-state index contributed by atoms with van der Waals surface area (Å²) in [4.78, 5) is 8.71. The minimum absolute atomic E-state index is 0.604. The van der Waals surface area contributed by atoms with Crippen LogP contribution in [0.5, 0.6) is 0 Å². The fourth-order valence-corrected chi connectivity index (χ4v) is 1.96. The Morgan fingerprint density at radius 2 is 2.29 bits per heavy atom. The molecule has 14 heavy (non-hydrogen) atoms. The van der Waals surface area contributed by atoms with E-state index in [9.17, 15) is 0 Å².